The molecule has 26 heavy (non-hydrogen) atoms. The smallest absolute Gasteiger partial charge is 0.337 e. The van der Waals surface area contributed by atoms with Gasteiger partial charge in [0.1, 0.15) is 17.5 Å². The molecule has 1 heterocycles. The highest BCUT2D eigenvalue weighted by Crippen LogP contribution is 2.23. The zero-order chi connectivity index (χ0) is 18.7. The van der Waals surface area contributed by atoms with E-state index in [0.717, 1.165) is 16.8 Å². The molecule has 0 spiro atoms. The standard InChI is InChI=1S/C20H20N4O2/c1-12-8-13(2)10-15(9-12)23-18-11-19(22-14(3)21-18)24-17-7-5-4-6-16(17)20(25)26/h4-11H,1-3H3,(H,25,26)(H2,21,22,23,24). The van der Waals surface area contributed by atoms with E-state index >= 15 is 0 Å². The van der Waals surface area contributed by atoms with Crippen molar-refractivity contribution in [3.63, 3.8) is 0 Å². The fourth-order valence-electron chi connectivity index (χ4n) is 2.81. The first-order chi connectivity index (χ1) is 12.4. The molecular formula is C20H20N4O2. The number of aromatic nitrogens is 2. The molecule has 0 fully saturated rings. The Kier molecular flexibility index (Phi) is 4.84. The molecule has 0 amide bonds. The quantitative estimate of drug-likeness (QED) is 0.625. The third kappa shape index (κ3) is 4.16. The summed E-state index contributed by atoms with van der Waals surface area (Å²) < 4.78 is 0. The molecule has 0 aliphatic heterocycles. The molecule has 132 valence electrons. The number of benzene rings is 2. The molecule has 2 aromatic carbocycles. The number of carboxylic acid groups (broad SMARTS) is 1. The minimum atomic E-state index is -0.993. The summed E-state index contributed by atoms with van der Waals surface area (Å²) in [5.41, 5.74) is 3.93. The largest absolute Gasteiger partial charge is 0.478 e. The summed E-state index contributed by atoms with van der Waals surface area (Å²) in [7, 11) is 0. The average molecular weight is 348 g/mol. The molecule has 0 atom stereocenters. The third-order valence-electron chi connectivity index (χ3n) is 3.75. The van der Waals surface area contributed by atoms with Crippen molar-refractivity contribution in [1.82, 2.24) is 9.97 Å². The Balaban J connectivity index is 1.90. The van der Waals surface area contributed by atoms with Crippen molar-refractivity contribution < 1.29 is 9.90 Å². The Morgan fingerprint density at radius 1 is 0.885 bits per heavy atom. The van der Waals surface area contributed by atoms with Crippen molar-refractivity contribution in [2.75, 3.05) is 10.6 Å². The van der Waals surface area contributed by atoms with E-state index in [4.69, 9.17) is 0 Å². The SMILES string of the molecule is Cc1cc(C)cc(Nc2cc(Nc3ccccc3C(=O)O)nc(C)n2)c1. The highest BCUT2D eigenvalue weighted by atomic mass is 16.4. The second-order valence-corrected chi connectivity index (χ2v) is 6.16. The van der Waals surface area contributed by atoms with Crippen molar-refractivity contribution in [1.29, 1.82) is 0 Å². The summed E-state index contributed by atoms with van der Waals surface area (Å²) in [6.45, 7) is 5.87. The summed E-state index contributed by atoms with van der Waals surface area (Å²) in [5.74, 6) is 0.748. The normalized spacial score (nSPS) is 10.4. The van der Waals surface area contributed by atoms with Gasteiger partial charge >= 0.3 is 5.97 Å². The zero-order valence-corrected chi connectivity index (χ0v) is 14.9. The van der Waals surface area contributed by atoms with E-state index < -0.39 is 5.97 Å². The monoisotopic (exact) mass is 348 g/mol. The number of nitrogens with one attached hydrogen (secondary N) is 2. The maximum absolute atomic E-state index is 11.4. The van der Waals surface area contributed by atoms with Crippen LogP contribution in [0.1, 0.15) is 27.3 Å². The Labute approximate surface area is 152 Å². The van der Waals surface area contributed by atoms with Crippen LogP contribution in [-0.2, 0) is 0 Å². The molecule has 0 aliphatic rings. The predicted octanol–water partition coefficient (Wildman–Crippen LogP) is 4.59. The lowest BCUT2D eigenvalue weighted by atomic mass is 10.1. The van der Waals surface area contributed by atoms with Crippen LogP contribution in [-0.4, -0.2) is 21.0 Å². The number of hydrogen-bond acceptors (Lipinski definition) is 5. The van der Waals surface area contributed by atoms with E-state index in [1.807, 2.05) is 26.0 Å². The predicted molar refractivity (Wildman–Crippen MR) is 103 cm³/mol. The minimum Gasteiger partial charge on any atom is -0.478 e. The summed E-state index contributed by atoms with van der Waals surface area (Å²) >= 11 is 0. The highest BCUT2D eigenvalue weighted by Gasteiger charge is 2.11. The average Bonchev–Trinajstić information content (AvgIpc) is 2.53. The van der Waals surface area contributed by atoms with Gasteiger partial charge in [0.15, 0.2) is 0 Å². The van der Waals surface area contributed by atoms with Gasteiger partial charge in [-0.1, -0.05) is 18.2 Å². The van der Waals surface area contributed by atoms with E-state index in [-0.39, 0.29) is 5.56 Å². The molecule has 0 unspecified atom stereocenters. The number of para-hydroxylation sites is 1. The van der Waals surface area contributed by atoms with Crippen LogP contribution in [0, 0.1) is 20.8 Å². The van der Waals surface area contributed by atoms with Crippen LogP contribution in [0.5, 0.6) is 0 Å². The summed E-state index contributed by atoms with van der Waals surface area (Å²) in [6.07, 6.45) is 0. The maximum atomic E-state index is 11.4. The van der Waals surface area contributed by atoms with Gasteiger partial charge < -0.3 is 15.7 Å². The summed E-state index contributed by atoms with van der Waals surface area (Å²) in [4.78, 5) is 20.1. The van der Waals surface area contributed by atoms with Crippen LogP contribution in [0.25, 0.3) is 0 Å². The molecule has 0 bridgehead atoms. The molecule has 3 N–H and O–H groups in total. The summed E-state index contributed by atoms with van der Waals surface area (Å²) in [6, 6.07) is 14.7. The van der Waals surface area contributed by atoms with Crippen LogP contribution in [0.4, 0.5) is 23.0 Å². The highest BCUT2D eigenvalue weighted by molar-refractivity contribution is 5.95. The molecule has 6 heteroatoms. The molecule has 0 radical (unpaired) electrons. The number of carboxylic acids is 1. The molecule has 1 aromatic heterocycles. The Morgan fingerprint density at radius 3 is 2.15 bits per heavy atom. The number of carbonyl (C=O) groups is 1. The Bertz CT molecular complexity index is 950. The van der Waals surface area contributed by atoms with Crippen LogP contribution in [0.15, 0.2) is 48.5 Å². The van der Waals surface area contributed by atoms with Crippen molar-refractivity contribution in [2.24, 2.45) is 0 Å². The van der Waals surface area contributed by atoms with Crippen molar-refractivity contribution >= 4 is 29.0 Å². The van der Waals surface area contributed by atoms with Gasteiger partial charge in [-0.25, -0.2) is 14.8 Å². The van der Waals surface area contributed by atoms with Gasteiger partial charge in [-0.3, -0.25) is 0 Å². The minimum absolute atomic E-state index is 0.188. The van der Waals surface area contributed by atoms with Gasteiger partial charge in [-0.05, 0) is 56.2 Å². The van der Waals surface area contributed by atoms with Gasteiger partial charge in [-0.2, -0.15) is 0 Å². The van der Waals surface area contributed by atoms with Crippen molar-refractivity contribution in [3.05, 3.63) is 71.0 Å². The first kappa shape index (κ1) is 17.4. The number of rotatable bonds is 5. The topological polar surface area (TPSA) is 87.1 Å². The van der Waals surface area contributed by atoms with E-state index in [2.05, 4.69) is 26.7 Å². The van der Waals surface area contributed by atoms with Crippen LogP contribution >= 0.6 is 0 Å². The second kappa shape index (κ2) is 7.23. The van der Waals surface area contributed by atoms with Crippen molar-refractivity contribution in [3.8, 4) is 0 Å². The van der Waals surface area contributed by atoms with Crippen LogP contribution in [0.3, 0.4) is 0 Å². The van der Waals surface area contributed by atoms with Crippen LogP contribution < -0.4 is 10.6 Å². The molecule has 0 aliphatic carbocycles. The number of aromatic carboxylic acids is 1. The van der Waals surface area contributed by atoms with Gasteiger partial charge in [0, 0.05) is 11.8 Å². The zero-order valence-electron chi connectivity index (χ0n) is 14.9. The molecule has 0 saturated carbocycles. The second-order valence-electron chi connectivity index (χ2n) is 6.16. The van der Waals surface area contributed by atoms with E-state index in [9.17, 15) is 9.90 Å². The van der Waals surface area contributed by atoms with Gasteiger partial charge in [0.05, 0.1) is 11.3 Å². The fraction of sp³-hybridized carbons (Fsp3) is 0.150. The number of nitrogens with zero attached hydrogens (tertiary/aromatic N) is 2. The van der Waals surface area contributed by atoms with Gasteiger partial charge in [0.25, 0.3) is 0 Å². The van der Waals surface area contributed by atoms with Crippen molar-refractivity contribution in [2.45, 2.75) is 20.8 Å². The van der Waals surface area contributed by atoms with Gasteiger partial charge in [0.2, 0.25) is 0 Å². The van der Waals surface area contributed by atoms with Gasteiger partial charge in [-0.15, -0.1) is 0 Å². The molecule has 3 aromatic rings. The lowest BCUT2D eigenvalue weighted by Gasteiger charge is -2.12. The molecule has 6 nitrogen and oxygen atoms in total. The Morgan fingerprint density at radius 2 is 1.50 bits per heavy atom. The number of anilines is 4. The Hall–Kier alpha value is -3.41. The molecule has 3 rings (SSSR count). The van der Waals surface area contributed by atoms with E-state index in [0.29, 0.717) is 23.1 Å². The van der Waals surface area contributed by atoms with E-state index in [1.165, 1.54) is 0 Å². The lowest BCUT2D eigenvalue weighted by Crippen LogP contribution is -2.05. The first-order valence-corrected chi connectivity index (χ1v) is 8.21. The third-order valence-corrected chi connectivity index (χ3v) is 3.75. The lowest BCUT2D eigenvalue weighted by molar-refractivity contribution is 0.0698. The number of aryl methyl sites for hydroxylation is 3. The molecular weight excluding hydrogens is 328 g/mol. The number of hydrogen-bond donors (Lipinski definition) is 3. The maximum Gasteiger partial charge on any atom is 0.337 e. The first-order valence-electron chi connectivity index (χ1n) is 8.21. The van der Waals surface area contributed by atoms with Crippen LogP contribution in [0.2, 0.25) is 0 Å². The summed E-state index contributed by atoms with van der Waals surface area (Å²) in [5, 5.41) is 15.7. The van der Waals surface area contributed by atoms with E-state index in [1.54, 1.807) is 37.3 Å². The molecule has 0 saturated heterocycles. The fourth-order valence-corrected chi connectivity index (χ4v) is 2.81.